The second kappa shape index (κ2) is 5.92. The molecule has 0 aliphatic carbocycles. The lowest BCUT2D eigenvalue weighted by atomic mass is 10.00. The third kappa shape index (κ3) is 4.21. The van der Waals surface area contributed by atoms with Gasteiger partial charge in [-0.1, -0.05) is 31.0 Å². The molecule has 2 unspecified atom stereocenters. The number of rotatable bonds is 2. The van der Waals surface area contributed by atoms with Crippen LogP contribution in [-0.4, -0.2) is 12.2 Å². The van der Waals surface area contributed by atoms with Crippen molar-refractivity contribution in [2.45, 2.75) is 50.5 Å². The smallest absolute Gasteiger partial charge is 0.316 e. The van der Waals surface area contributed by atoms with E-state index in [1.54, 1.807) is 6.07 Å². The summed E-state index contributed by atoms with van der Waals surface area (Å²) in [5, 5.41) is 3.28. The Labute approximate surface area is 111 Å². The van der Waals surface area contributed by atoms with Crippen LogP contribution in [0, 0.1) is 0 Å². The van der Waals surface area contributed by atoms with Crippen molar-refractivity contribution in [1.29, 1.82) is 0 Å². The SMILES string of the molecule is NC1CCCCC(Cc2cccc(C(F)(F)F)c2)N1. The monoisotopic (exact) mass is 272 g/mol. The molecule has 2 atom stereocenters. The standard InChI is InChI=1S/C14H19F3N2/c15-14(16,17)11-5-3-4-10(8-11)9-12-6-1-2-7-13(18)19-12/h3-5,8,12-13,19H,1-2,6-7,9,18H2. The lowest BCUT2D eigenvalue weighted by molar-refractivity contribution is -0.137. The third-order valence-corrected chi connectivity index (χ3v) is 3.50. The number of alkyl halides is 3. The largest absolute Gasteiger partial charge is 0.416 e. The number of nitrogens with two attached hydrogens (primary N) is 1. The number of hydrogen-bond acceptors (Lipinski definition) is 2. The van der Waals surface area contributed by atoms with Crippen LogP contribution in [0.15, 0.2) is 24.3 Å². The lowest BCUT2D eigenvalue weighted by Crippen LogP contribution is -2.43. The molecule has 0 aromatic heterocycles. The van der Waals surface area contributed by atoms with Gasteiger partial charge in [-0.15, -0.1) is 0 Å². The summed E-state index contributed by atoms with van der Waals surface area (Å²) in [6.45, 7) is 0. The molecule has 19 heavy (non-hydrogen) atoms. The fourth-order valence-corrected chi connectivity index (χ4v) is 2.54. The first-order valence-corrected chi connectivity index (χ1v) is 6.63. The van der Waals surface area contributed by atoms with Gasteiger partial charge in [0.1, 0.15) is 0 Å². The van der Waals surface area contributed by atoms with Crippen LogP contribution in [0.2, 0.25) is 0 Å². The predicted molar refractivity (Wildman–Crippen MR) is 68.5 cm³/mol. The maximum Gasteiger partial charge on any atom is 0.416 e. The summed E-state index contributed by atoms with van der Waals surface area (Å²) in [4.78, 5) is 0. The molecule has 1 aromatic rings. The molecule has 5 heteroatoms. The molecule has 3 N–H and O–H groups in total. The van der Waals surface area contributed by atoms with Crippen LogP contribution in [0.25, 0.3) is 0 Å². The summed E-state index contributed by atoms with van der Waals surface area (Å²) in [6.07, 6.45) is 0.319. The van der Waals surface area contributed by atoms with Gasteiger partial charge in [0, 0.05) is 6.04 Å². The quantitative estimate of drug-likeness (QED) is 0.868. The van der Waals surface area contributed by atoms with Gasteiger partial charge in [0.25, 0.3) is 0 Å². The Balaban J connectivity index is 2.06. The van der Waals surface area contributed by atoms with E-state index >= 15 is 0 Å². The molecule has 2 nitrogen and oxygen atoms in total. The van der Waals surface area contributed by atoms with Crippen LogP contribution >= 0.6 is 0 Å². The van der Waals surface area contributed by atoms with Crippen molar-refractivity contribution in [3.8, 4) is 0 Å². The Morgan fingerprint density at radius 2 is 1.95 bits per heavy atom. The van der Waals surface area contributed by atoms with Crippen LogP contribution in [0.3, 0.4) is 0 Å². The van der Waals surface area contributed by atoms with E-state index in [4.69, 9.17) is 5.73 Å². The molecule has 106 valence electrons. The zero-order chi connectivity index (χ0) is 13.9. The van der Waals surface area contributed by atoms with E-state index in [2.05, 4.69) is 5.32 Å². The highest BCUT2D eigenvalue weighted by Gasteiger charge is 2.30. The van der Waals surface area contributed by atoms with Gasteiger partial charge < -0.3 is 5.73 Å². The van der Waals surface area contributed by atoms with Crippen LogP contribution < -0.4 is 11.1 Å². The topological polar surface area (TPSA) is 38.0 Å². The zero-order valence-corrected chi connectivity index (χ0v) is 10.7. The molecule has 1 heterocycles. The summed E-state index contributed by atoms with van der Waals surface area (Å²) in [5.41, 5.74) is 6.02. The van der Waals surface area contributed by atoms with Crippen LogP contribution in [-0.2, 0) is 12.6 Å². The minimum absolute atomic E-state index is 0.0432. The predicted octanol–water partition coefficient (Wildman–Crippen LogP) is 3.06. The molecule has 1 fully saturated rings. The summed E-state index contributed by atoms with van der Waals surface area (Å²) in [6, 6.07) is 5.72. The van der Waals surface area contributed by atoms with E-state index in [0.717, 1.165) is 31.7 Å². The minimum atomic E-state index is -4.27. The lowest BCUT2D eigenvalue weighted by Gasteiger charge is -2.20. The van der Waals surface area contributed by atoms with Crippen molar-refractivity contribution in [1.82, 2.24) is 5.32 Å². The normalized spacial score (nSPS) is 25.1. The Morgan fingerprint density at radius 3 is 2.68 bits per heavy atom. The molecular weight excluding hydrogens is 253 g/mol. The minimum Gasteiger partial charge on any atom is -0.316 e. The van der Waals surface area contributed by atoms with E-state index < -0.39 is 11.7 Å². The molecule has 0 radical (unpaired) electrons. The van der Waals surface area contributed by atoms with E-state index in [1.807, 2.05) is 0 Å². The fraction of sp³-hybridized carbons (Fsp3) is 0.571. The molecule has 1 aliphatic rings. The van der Waals surface area contributed by atoms with Crippen molar-refractivity contribution in [2.75, 3.05) is 0 Å². The fourth-order valence-electron chi connectivity index (χ4n) is 2.54. The van der Waals surface area contributed by atoms with Gasteiger partial charge in [0.05, 0.1) is 11.7 Å². The average molecular weight is 272 g/mol. The first-order valence-electron chi connectivity index (χ1n) is 6.63. The maximum atomic E-state index is 12.6. The van der Waals surface area contributed by atoms with Gasteiger partial charge in [0.15, 0.2) is 0 Å². The summed E-state index contributed by atoms with van der Waals surface area (Å²) < 4.78 is 37.9. The van der Waals surface area contributed by atoms with Crippen LogP contribution in [0.5, 0.6) is 0 Å². The van der Waals surface area contributed by atoms with E-state index in [0.29, 0.717) is 12.0 Å². The van der Waals surface area contributed by atoms with Gasteiger partial charge in [-0.3, -0.25) is 5.32 Å². The van der Waals surface area contributed by atoms with Crippen molar-refractivity contribution in [3.05, 3.63) is 35.4 Å². The Kier molecular flexibility index (Phi) is 4.47. The van der Waals surface area contributed by atoms with Gasteiger partial charge >= 0.3 is 6.18 Å². The zero-order valence-electron chi connectivity index (χ0n) is 10.7. The van der Waals surface area contributed by atoms with Crippen LogP contribution in [0.4, 0.5) is 13.2 Å². The molecule has 0 amide bonds. The summed E-state index contributed by atoms with van der Waals surface area (Å²) in [7, 11) is 0. The van der Waals surface area contributed by atoms with Gasteiger partial charge in [0.2, 0.25) is 0 Å². The summed E-state index contributed by atoms with van der Waals surface area (Å²) >= 11 is 0. The van der Waals surface area contributed by atoms with Gasteiger partial charge in [-0.05, 0) is 30.9 Å². The second-order valence-electron chi connectivity index (χ2n) is 5.16. The molecule has 1 aliphatic heterocycles. The van der Waals surface area contributed by atoms with Crippen molar-refractivity contribution in [2.24, 2.45) is 5.73 Å². The van der Waals surface area contributed by atoms with E-state index in [9.17, 15) is 13.2 Å². The van der Waals surface area contributed by atoms with Gasteiger partial charge in [-0.25, -0.2) is 0 Å². The molecule has 1 aromatic carbocycles. The van der Waals surface area contributed by atoms with Crippen molar-refractivity contribution < 1.29 is 13.2 Å². The van der Waals surface area contributed by atoms with Crippen molar-refractivity contribution >= 4 is 0 Å². The first kappa shape index (κ1) is 14.3. The molecule has 0 saturated carbocycles. The van der Waals surface area contributed by atoms with Crippen molar-refractivity contribution in [3.63, 3.8) is 0 Å². The molecule has 0 spiro atoms. The average Bonchev–Trinajstić information content (AvgIpc) is 2.53. The molecule has 1 saturated heterocycles. The number of benzene rings is 1. The number of hydrogen-bond donors (Lipinski definition) is 2. The van der Waals surface area contributed by atoms with E-state index in [1.165, 1.54) is 12.1 Å². The highest BCUT2D eigenvalue weighted by atomic mass is 19.4. The van der Waals surface area contributed by atoms with Crippen LogP contribution in [0.1, 0.15) is 36.8 Å². The molecular formula is C14H19F3N2. The highest BCUT2D eigenvalue weighted by Crippen LogP contribution is 2.30. The summed E-state index contributed by atoms with van der Waals surface area (Å²) in [5.74, 6) is 0. The first-order chi connectivity index (χ1) is 8.95. The molecule has 2 rings (SSSR count). The second-order valence-corrected chi connectivity index (χ2v) is 5.16. The highest BCUT2D eigenvalue weighted by molar-refractivity contribution is 5.26. The molecule has 0 bridgehead atoms. The van der Waals surface area contributed by atoms with Gasteiger partial charge in [-0.2, -0.15) is 13.2 Å². The maximum absolute atomic E-state index is 12.6. The Morgan fingerprint density at radius 1 is 1.21 bits per heavy atom. The third-order valence-electron chi connectivity index (χ3n) is 3.50. The Bertz CT molecular complexity index is 417. The Hall–Kier alpha value is -1.07. The number of nitrogens with one attached hydrogen (secondary N) is 1. The van der Waals surface area contributed by atoms with E-state index in [-0.39, 0.29) is 12.2 Å². The number of halogens is 3.